The van der Waals surface area contributed by atoms with E-state index in [1.54, 1.807) is 17.2 Å². The molecule has 294 valence electrons. The molecule has 1 aromatic carbocycles. The van der Waals surface area contributed by atoms with Crippen LogP contribution in [0.25, 0.3) is 0 Å². The fraction of sp³-hybridized carbons (Fsp3) is 0.634. The van der Waals surface area contributed by atoms with E-state index in [1.807, 2.05) is 65.2 Å². The summed E-state index contributed by atoms with van der Waals surface area (Å²) in [6.07, 6.45) is 6.07. The second kappa shape index (κ2) is 21.9. The van der Waals surface area contributed by atoms with Gasteiger partial charge in [-0.15, -0.1) is 11.3 Å². The van der Waals surface area contributed by atoms with Crippen molar-refractivity contribution in [2.75, 3.05) is 33.9 Å². The molecule has 0 spiro atoms. The van der Waals surface area contributed by atoms with Crippen LogP contribution in [0.3, 0.4) is 0 Å². The number of piperidine rings is 1. The van der Waals surface area contributed by atoms with Crippen molar-refractivity contribution in [3.05, 3.63) is 64.6 Å². The van der Waals surface area contributed by atoms with E-state index in [4.69, 9.17) is 14.5 Å². The van der Waals surface area contributed by atoms with Crippen LogP contribution >= 0.6 is 11.3 Å². The molecule has 2 aromatic rings. The molecule has 0 aliphatic carbocycles. The summed E-state index contributed by atoms with van der Waals surface area (Å²) in [5, 5.41) is 8.63. The number of carbonyl (C=O) groups is 4. The van der Waals surface area contributed by atoms with Gasteiger partial charge in [0.15, 0.2) is 0 Å². The molecule has 0 unspecified atom stereocenters. The lowest BCUT2D eigenvalue weighted by Crippen LogP contribution is -2.58. The molecular weight excluding hydrogens is 691 g/mol. The Morgan fingerprint density at radius 1 is 1.08 bits per heavy atom. The molecule has 2 heterocycles. The molecule has 1 aliphatic rings. The van der Waals surface area contributed by atoms with Crippen LogP contribution in [0, 0.1) is 17.8 Å². The molecule has 1 aromatic heterocycles. The van der Waals surface area contributed by atoms with Crippen LogP contribution in [-0.4, -0.2) is 96.5 Å². The molecule has 1 saturated heterocycles. The molecule has 3 rings (SSSR count). The molecule has 53 heavy (non-hydrogen) atoms. The minimum atomic E-state index is -0.648. The Hall–Kier alpha value is -3.61. The smallest absolute Gasteiger partial charge is 0.309 e. The first kappa shape index (κ1) is 43.8. The lowest BCUT2D eigenvalue weighted by Gasteiger charge is -2.38. The largest absolute Gasteiger partial charge is 0.461 e. The van der Waals surface area contributed by atoms with Gasteiger partial charge in [0.25, 0.3) is 5.91 Å². The minimum Gasteiger partial charge on any atom is -0.461 e. The average Bonchev–Trinajstić information content (AvgIpc) is 3.64. The maximum absolute atomic E-state index is 14.2. The highest BCUT2D eigenvalue weighted by atomic mass is 32.1. The third-order valence-corrected chi connectivity index (χ3v) is 11.3. The van der Waals surface area contributed by atoms with Crippen molar-refractivity contribution in [2.45, 2.75) is 117 Å². The highest BCUT2D eigenvalue weighted by Crippen LogP contribution is 2.31. The summed E-state index contributed by atoms with van der Waals surface area (Å²) in [4.78, 5) is 62.5. The topological polar surface area (TPSA) is 130 Å². The molecule has 7 atom stereocenters. The van der Waals surface area contributed by atoms with Gasteiger partial charge >= 0.3 is 5.97 Å². The van der Waals surface area contributed by atoms with Crippen LogP contribution in [0.4, 0.5) is 0 Å². The summed E-state index contributed by atoms with van der Waals surface area (Å²) in [7, 11) is 3.78. The van der Waals surface area contributed by atoms with Crippen molar-refractivity contribution in [3.8, 4) is 0 Å². The van der Waals surface area contributed by atoms with Crippen LogP contribution in [0.5, 0.6) is 0 Å². The van der Waals surface area contributed by atoms with Gasteiger partial charge in [-0.25, -0.2) is 4.98 Å². The van der Waals surface area contributed by atoms with Crippen molar-refractivity contribution in [2.24, 2.45) is 17.8 Å². The zero-order chi connectivity index (χ0) is 39.1. The summed E-state index contributed by atoms with van der Waals surface area (Å²) in [6.45, 7) is 16.9. The molecule has 1 fully saturated rings. The SMILES string of the molecule is C=CCOC(=O)[C@@H](C)C[C@H](Cc1ccccc1)NC(=O)c1csc([C@@H](C[C@H](C(C)C)N(C)C(=O)[C@@H](NC(=O)[C@H]2CCCCN2C)[C@@H](C)CC)OCC)n1. The van der Waals surface area contributed by atoms with Crippen LogP contribution in [-0.2, 0) is 30.3 Å². The van der Waals surface area contributed by atoms with Gasteiger partial charge in [-0.05, 0) is 63.6 Å². The highest BCUT2D eigenvalue weighted by Gasteiger charge is 2.37. The number of benzene rings is 1. The number of likely N-dealkylation sites (tertiary alicyclic amines) is 1. The number of hydrogen-bond acceptors (Lipinski definition) is 9. The standard InChI is InChI=1S/C41H63N5O6S/c1-10-22-52-41(50)29(7)23-31(24-30-18-14-13-15-19-30)42-37(47)32-26-53-39(43-32)35(51-12-3)25-34(27(4)5)46(9)40(49)36(28(6)11-2)44-38(48)33-20-16-17-21-45(33)8/h10,13-15,18-19,26-29,31,33-36H,1,11-12,16-17,20-25H2,2-9H3,(H,42,47)(H,44,48)/t28-,29-,31+,33+,34+,35+,36-/m0/s1. The molecule has 12 heteroatoms. The quantitative estimate of drug-likeness (QED) is 0.114. The molecular formula is C41H63N5O6S. The Morgan fingerprint density at radius 2 is 1.79 bits per heavy atom. The Kier molecular flexibility index (Phi) is 18.1. The Labute approximate surface area is 321 Å². The number of nitrogens with one attached hydrogen (secondary N) is 2. The van der Waals surface area contributed by atoms with Gasteiger partial charge in [-0.3, -0.25) is 24.1 Å². The lowest BCUT2D eigenvalue weighted by atomic mass is 9.92. The number of hydrogen-bond donors (Lipinski definition) is 2. The first-order valence-corrected chi connectivity index (χ1v) is 20.2. The maximum Gasteiger partial charge on any atom is 0.309 e. The van der Waals surface area contributed by atoms with Crippen molar-refractivity contribution in [3.63, 3.8) is 0 Å². The number of amides is 3. The fourth-order valence-corrected chi connectivity index (χ4v) is 7.82. The molecule has 0 saturated carbocycles. The lowest BCUT2D eigenvalue weighted by molar-refractivity contribution is -0.147. The molecule has 11 nitrogen and oxygen atoms in total. The van der Waals surface area contributed by atoms with Gasteiger partial charge in [0, 0.05) is 37.5 Å². The zero-order valence-corrected chi connectivity index (χ0v) is 34.0. The van der Waals surface area contributed by atoms with Crippen LogP contribution in [0.2, 0.25) is 0 Å². The number of thiazole rings is 1. The highest BCUT2D eigenvalue weighted by molar-refractivity contribution is 7.09. The number of likely N-dealkylation sites (N-methyl/N-ethyl adjacent to an activating group) is 2. The van der Waals surface area contributed by atoms with Crippen molar-refractivity contribution >= 4 is 35.0 Å². The first-order valence-electron chi connectivity index (χ1n) is 19.3. The summed E-state index contributed by atoms with van der Waals surface area (Å²) < 4.78 is 11.5. The van der Waals surface area contributed by atoms with Crippen molar-refractivity contribution < 1.29 is 28.7 Å². The summed E-state index contributed by atoms with van der Waals surface area (Å²) in [5.41, 5.74) is 1.31. The fourth-order valence-electron chi connectivity index (χ4n) is 6.96. The van der Waals surface area contributed by atoms with E-state index in [9.17, 15) is 19.2 Å². The number of carbonyl (C=O) groups excluding carboxylic acids is 4. The van der Waals surface area contributed by atoms with Gasteiger partial charge in [-0.2, -0.15) is 0 Å². The van der Waals surface area contributed by atoms with Gasteiger partial charge < -0.3 is 25.0 Å². The Morgan fingerprint density at radius 3 is 2.42 bits per heavy atom. The average molecular weight is 754 g/mol. The Balaban J connectivity index is 1.78. The number of ether oxygens (including phenoxy) is 2. The molecule has 3 amide bonds. The predicted molar refractivity (Wildman–Crippen MR) is 210 cm³/mol. The van der Waals surface area contributed by atoms with Gasteiger partial charge in [-0.1, -0.05) is 90.4 Å². The predicted octanol–water partition coefficient (Wildman–Crippen LogP) is 6.21. The second-order valence-corrected chi connectivity index (χ2v) is 15.7. The van der Waals surface area contributed by atoms with Crippen molar-refractivity contribution in [1.82, 2.24) is 25.4 Å². The van der Waals surface area contributed by atoms with E-state index >= 15 is 0 Å². The normalized spacial score (nSPS) is 18.2. The van der Waals surface area contributed by atoms with Crippen molar-refractivity contribution in [1.29, 1.82) is 0 Å². The van der Waals surface area contributed by atoms with E-state index < -0.39 is 18.1 Å². The number of rotatable bonds is 21. The monoisotopic (exact) mass is 753 g/mol. The first-order chi connectivity index (χ1) is 25.3. The zero-order valence-electron chi connectivity index (χ0n) is 33.1. The van der Waals surface area contributed by atoms with E-state index in [0.29, 0.717) is 30.9 Å². The number of esters is 1. The van der Waals surface area contributed by atoms with Crippen LogP contribution in [0.15, 0.2) is 48.4 Å². The van der Waals surface area contributed by atoms with Gasteiger partial charge in [0.2, 0.25) is 11.8 Å². The van der Waals surface area contributed by atoms with Crippen LogP contribution in [0.1, 0.15) is 107 Å². The minimum absolute atomic E-state index is 0.0511. The molecule has 1 aliphatic heterocycles. The van der Waals surface area contributed by atoms with Gasteiger partial charge in [0.1, 0.15) is 29.5 Å². The summed E-state index contributed by atoms with van der Waals surface area (Å²) >= 11 is 1.35. The van der Waals surface area contributed by atoms with E-state index in [-0.39, 0.29) is 66.0 Å². The maximum atomic E-state index is 14.2. The summed E-state index contributed by atoms with van der Waals surface area (Å²) in [5.74, 6) is -1.30. The third-order valence-electron chi connectivity index (χ3n) is 10.4. The molecule has 2 N–H and O–H groups in total. The summed E-state index contributed by atoms with van der Waals surface area (Å²) in [6, 6.07) is 8.38. The van der Waals surface area contributed by atoms with E-state index in [1.165, 1.54) is 17.4 Å². The number of aromatic nitrogens is 1. The third kappa shape index (κ3) is 13.0. The Bertz CT molecular complexity index is 1470. The van der Waals surface area contributed by atoms with Crippen LogP contribution < -0.4 is 10.6 Å². The second-order valence-electron chi connectivity index (χ2n) is 14.8. The van der Waals surface area contributed by atoms with E-state index in [2.05, 4.69) is 36.0 Å². The number of nitrogens with zero attached hydrogens (tertiary/aromatic N) is 3. The molecule has 0 bridgehead atoms. The van der Waals surface area contributed by atoms with E-state index in [0.717, 1.165) is 37.8 Å². The van der Waals surface area contributed by atoms with Gasteiger partial charge in [0.05, 0.1) is 12.0 Å². The molecule has 0 radical (unpaired) electrons.